The summed E-state index contributed by atoms with van der Waals surface area (Å²) in [6, 6.07) is 34.0. The van der Waals surface area contributed by atoms with Crippen LogP contribution >= 0.6 is 0 Å². The first kappa shape index (κ1) is 24.6. The molecule has 0 radical (unpaired) electrons. The third-order valence-electron chi connectivity index (χ3n) is 7.16. The highest BCUT2D eigenvalue weighted by Crippen LogP contribution is 2.34. The summed E-state index contributed by atoms with van der Waals surface area (Å²) in [4.78, 5) is 0. The minimum atomic E-state index is 0.245. The highest BCUT2D eigenvalue weighted by Gasteiger charge is 2.31. The molecule has 0 fully saturated rings. The summed E-state index contributed by atoms with van der Waals surface area (Å²) < 4.78 is 20.0. The van der Waals surface area contributed by atoms with Crippen LogP contribution in [0.25, 0.3) is 0 Å². The van der Waals surface area contributed by atoms with Crippen molar-refractivity contribution >= 4 is 5.71 Å². The second kappa shape index (κ2) is 11.3. The third kappa shape index (κ3) is 5.54. The zero-order valence-electron chi connectivity index (χ0n) is 21.8. The average Bonchev–Trinajstić information content (AvgIpc) is 2.96. The van der Waals surface area contributed by atoms with Crippen LogP contribution in [0.3, 0.4) is 0 Å². The molecule has 4 aromatic carbocycles. The normalized spacial score (nSPS) is 13.6. The van der Waals surface area contributed by atoms with Crippen LogP contribution in [0.2, 0.25) is 0 Å². The maximum absolute atomic E-state index is 6.14. The fourth-order valence-corrected chi connectivity index (χ4v) is 5.14. The van der Waals surface area contributed by atoms with Crippen LogP contribution in [0.5, 0.6) is 17.2 Å². The lowest BCUT2D eigenvalue weighted by Gasteiger charge is -2.24. The minimum Gasteiger partial charge on any atom is -0.493 e. The van der Waals surface area contributed by atoms with Crippen LogP contribution in [0.15, 0.2) is 97.1 Å². The molecule has 5 rings (SSSR count). The molecular formula is C33H34NO3+. The van der Waals surface area contributed by atoms with Gasteiger partial charge in [0, 0.05) is 24.5 Å². The summed E-state index contributed by atoms with van der Waals surface area (Å²) in [5.41, 5.74) is 7.49. The van der Waals surface area contributed by atoms with E-state index >= 15 is 0 Å². The van der Waals surface area contributed by atoms with Gasteiger partial charge in [-0.3, -0.25) is 0 Å². The topological polar surface area (TPSA) is 30.7 Å². The fourth-order valence-electron chi connectivity index (χ4n) is 5.14. The molecule has 4 aromatic rings. The van der Waals surface area contributed by atoms with Crippen LogP contribution in [0, 0.1) is 0 Å². The molecule has 0 amide bonds. The molecule has 4 nitrogen and oxygen atoms in total. The molecule has 1 aliphatic rings. The zero-order valence-corrected chi connectivity index (χ0v) is 21.8. The predicted molar refractivity (Wildman–Crippen MR) is 148 cm³/mol. The van der Waals surface area contributed by atoms with Crippen LogP contribution in [0.1, 0.15) is 40.8 Å². The molecule has 1 atom stereocenters. The van der Waals surface area contributed by atoms with Crippen molar-refractivity contribution in [3.8, 4) is 17.2 Å². The number of rotatable bonds is 9. The number of hydrogen-bond donors (Lipinski definition) is 0. The first-order valence-corrected chi connectivity index (χ1v) is 12.8. The highest BCUT2D eigenvalue weighted by atomic mass is 16.5. The van der Waals surface area contributed by atoms with E-state index in [2.05, 4.69) is 84.3 Å². The maximum Gasteiger partial charge on any atom is 0.188 e. The summed E-state index contributed by atoms with van der Waals surface area (Å²) >= 11 is 0. The number of benzene rings is 4. The van der Waals surface area contributed by atoms with Crippen LogP contribution in [0.4, 0.5) is 0 Å². The molecule has 0 saturated heterocycles. The molecule has 0 bridgehead atoms. The first-order chi connectivity index (χ1) is 18.2. The van der Waals surface area contributed by atoms with Crippen molar-refractivity contribution in [1.29, 1.82) is 0 Å². The van der Waals surface area contributed by atoms with Gasteiger partial charge in [0.05, 0.1) is 20.6 Å². The standard InChI is InChI=1S/C33H34NO3/c1-24(27-14-8-5-9-15-27)34-18-17-28-21-32(35-2)33(36-3)22-30(28)31(34)20-26-13-10-16-29(19-26)37-23-25-11-6-4-7-12-25/h4-16,19,21-22,24H,17-18,20,23H2,1-3H3/q+1/t24-/m1/s1. The van der Waals surface area contributed by atoms with Gasteiger partial charge in [-0.1, -0.05) is 72.8 Å². The molecule has 0 aliphatic carbocycles. The molecule has 0 saturated carbocycles. The van der Waals surface area contributed by atoms with Gasteiger partial charge in [-0.25, -0.2) is 4.58 Å². The van der Waals surface area contributed by atoms with E-state index in [0.29, 0.717) is 6.61 Å². The molecule has 0 N–H and O–H groups in total. The number of methoxy groups -OCH3 is 2. The van der Waals surface area contributed by atoms with Crippen molar-refractivity contribution in [3.05, 3.63) is 125 Å². The van der Waals surface area contributed by atoms with E-state index in [1.54, 1.807) is 14.2 Å². The number of ether oxygens (including phenoxy) is 3. The van der Waals surface area contributed by atoms with Gasteiger partial charge in [-0.05, 0) is 41.0 Å². The predicted octanol–water partition coefficient (Wildman–Crippen LogP) is 6.64. The Morgan fingerprint density at radius 2 is 1.43 bits per heavy atom. The van der Waals surface area contributed by atoms with E-state index < -0.39 is 0 Å². The monoisotopic (exact) mass is 492 g/mol. The Bertz CT molecular complexity index is 1380. The quantitative estimate of drug-likeness (QED) is 0.245. The second-order valence-electron chi connectivity index (χ2n) is 9.44. The van der Waals surface area contributed by atoms with E-state index in [-0.39, 0.29) is 6.04 Å². The molecule has 0 spiro atoms. The SMILES string of the molecule is COc1cc2c(cc1OC)C(Cc1cccc(OCc3ccccc3)c1)=[N+]([C@H](C)c1ccccc1)CC2. The summed E-state index contributed by atoms with van der Waals surface area (Å²) in [5, 5.41) is 0. The van der Waals surface area contributed by atoms with Gasteiger partial charge in [0.25, 0.3) is 0 Å². The Balaban J connectivity index is 1.52. The fraction of sp³-hybridized carbons (Fsp3) is 0.242. The van der Waals surface area contributed by atoms with Crippen molar-refractivity contribution in [2.75, 3.05) is 20.8 Å². The summed E-state index contributed by atoms with van der Waals surface area (Å²) in [5.74, 6) is 2.42. The Morgan fingerprint density at radius 3 is 2.16 bits per heavy atom. The van der Waals surface area contributed by atoms with E-state index in [1.165, 1.54) is 28.0 Å². The lowest BCUT2D eigenvalue weighted by atomic mass is 9.90. The van der Waals surface area contributed by atoms with Gasteiger partial charge in [-0.2, -0.15) is 0 Å². The van der Waals surface area contributed by atoms with Crippen LogP contribution in [-0.2, 0) is 19.4 Å². The molecule has 0 aromatic heterocycles. The Labute approximate surface area is 219 Å². The molecule has 4 heteroatoms. The number of nitrogens with zero attached hydrogens (tertiary/aromatic N) is 1. The molecule has 0 unspecified atom stereocenters. The summed E-state index contributed by atoms with van der Waals surface area (Å²) in [6.45, 7) is 3.79. The molecule has 188 valence electrons. The van der Waals surface area contributed by atoms with Gasteiger partial charge >= 0.3 is 0 Å². The van der Waals surface area contributed by atoms with Crippen molar-refractivity contribution < 1.29 is 18.8 Å². The zero-order chi connectivity index (χ0) is 25.6. The minimum absolute atomic E-state index is 0.245. The second-order valence-corrected chi connectivity index (χ2v) is 9.44. The number of hydrogen-bond acceptors (Lipinski definition) is 3. The van der Waals surface area contributed by atoms with Gasteiger partial charge in [0.15, 0.2) is 23.3 Å². The molecule has 1 heterocycles. The van der Waals surface area contributed by atoms with Gasteiger partial charge < -0.3 is 14.2 Å². The smallest absolute Gasteiger partial charge is 0.188 e. The largest absolute Gasteiger partial charge is 0.493 e. The molecular weight excluding hydrogens is 458 g/mol. The van der Waals surface area contributed by atoms with Crippen molar-refractivity contribution in [3.63, 3.8) is 0 Å². The molecule has 1 aliphatic heterocycles. The van der Waals surface area contributed by atoms with Gasteiger partial charge in [0.1, 0.15) is 18.9 Å². The average molecular weight is 493 g/mol. The van der Waals surface area contributed by atoms with Crippen molar-refractivity contribution in [2.45, 2.75) is 32.4 Å². The molecule has 37 heavy (non-hydrogen) atoms. The van der Waals surface area contributed by atoms with Crippen LogP contribution < -0.4 is 14.2 Å². The Kier molecular flexibility index (Phi) is 7.55. The summed E-state index contributed by atoms with van der Waals surface area (Å²) in [6.07, 6.45) is 1.75. The van der Waals surface area contributed by atoms with Crippen molar-refractivity contribution in [1.82, 2.24) is 0 Å². The van der Waals surface area contributed by atoms with Crippen molar-refractivity contribution in [2.24, 2.45) is 0 Å². The van der Waals surface area contributed by atoms with Crippen LogP contribution in [-0.4, -0.2) is 31.1 Å². The van der Waals surface area contributed by atoms with E-state index in [9.17, 15) is 0 Å². The van der Waals surface area contributed by atoms with E-state index in [4.69, 9.17) is 14.2 Å². The lowest BCUT2D eigenvalue weighted by Crippen LogP contribution is -2.33. The Hall–Kier alpha value is -4.05. The third-order valence-corrected chi connectivity index (χ3v) is 7.16. The number of fused-ring (bicyclic) bond motifs is 1. The summed E-state index contributed by atoms with van der Waals surface area (Å²) in [7, 11) is 3.40. The van der Waals surface area contributed by atoms with E-state index in [0.717, 1.165) is 42.2 Å². The van der Waals surface area contributed by atoms with Gasteiger partial charge in [-0.15, -0.1) is 0 Å². The van der Waals surface area contributed by atoms with Gasteiger partial charge in [0.2, 0.25) is 0 Å². The first-order valence-electron chi connectivity index (χ1n) is 12.8. The Morgan fingerprint density at radius 1 is 0.757 bits per heavy atom. The van der Waals surface area contributed by atoms with E-state index in [1.807, 2.05) is 24.3 Å². The highest BCUT2D eigenvalue weighted by molar-refractivity contribution is 6.01. The lowest BCUT2D eigenvalue weighted by molar-refractivity contribution is -0.570. The maximum atomic E-state index is 6.14.